The van der Waals surface area contributed by atoms with Crippen molar-refractivity contribution in [2.75, 3.05) is 26.2 Å². The van der Waals surface area contributed by atoms with Crippen molar-refractivity contribution >= 4 is 5.91 Å². The topological polar surface area (TPSA) is 96.6 Å². The zero-order chi connectivity index (χ0) is 21.1. The first-order valence-electron chi connectivity index (χ1n) is 10.6. The van der Waals surface area contributed by atoms with Gasteiger partial charge in [0.25, 0.3) is 0 Å². The zero-order valence-electron chi connectivity index (χ0n) is 17.6. The average Bonchev–Trinajstić information content (AvgIpc) is 3.15. The van der Waals surface area contributed by atoms with Crippen molar-refractivity contribution < 1.29 is 14.6 Å². The summed E-state index contributed by atoms with van der Waals surface area (Å²) < 4.78 is 7.37. The van der Waals surface area contributed by atoms with Gasteiger partial charge in [0, 0.05) is 26.2 Å². The number of tetrazole rings is 1. The predicted octanol–water partition coefficient (Wildman–Crippen LogP) is 0.793. The standard InChI is InChI=1S/C21H30N6O3/c1-16-12-25(13-17(2)30-16)14-19-22-23-24-27(19)15-20(28)26-10-8-21(29,9-11-26)18-6-4-3-5-7-18/h3-7,16-17,29H,8-15H2,1-2H3/t16-,17+. The molecule has 2 fully saturated rings. The van der Waals surface area contributed by atoms with E-state index in [2.05, 4.69) is 34.3 Å². The first-order valence-corrected chi connectivity index (χ1v) is 10.6. The van der Waals surface area contributed by atoms with Gasteiger partial charge in [-0.1, -0.05) is 30.3 Å². The Morgan fingerprint density at radius 3 is 2.50 bits per heavy atom. The molecule has 0 spiro atoms. The average molecular weight is 415 g/mol. The van der Waals surface area contributed by atoms with E-state index in [-0.39, 0.29) is 24.7 Å². The third-order valence-corrected chi connectivity index (χ3v) is 6.01. The van der Waals surface area contributed by atoms with Crippen LogP contribution in [0.1, 0.15) is 38.1 Å². The van der Waals surface area contributed by atoms with Crippen molar-refractivity contribution in [3.05, 3.63) is 41.7 Å². The Bertz CT molecular complexity index is 839. The summed E-state index contributed by atoms with van der Waals surface area (Å²) in [5.41, 5.74) is 0.0377. The van der Waals surface area contributed by atoms with Crippen LogP contribution < -0.4 is 0 Å². The fourth-order valence-corrected chi connectivity index (χ4v) is 4.46. The normalized spacial score (nSPS) is 24.7. The minimum absolute atomic E-state index is 0.0256. The summed E-state index contributed by atoms with van der Waals surface area (Å²) in [7, 11) is 0. The number of hydrogen-bond acceptors (Lipinski definition) is 7. The Morgan fingerprint density at radius 1 is 1.17 bits per heavy atom. The lowest BCUT2D eigenvalue weighted by atomic mass is 9.84. The molecule has 1 aromatic carbocycles. The number of likely N-dealkylation sites (tertiary alicyclic amines) is 1. The summed E-state index contributed by atoms with van der Waals surface area (Å²) in [4.78, 5) is 16.9. The van der Waals surface area contributed by atoms with Gasteiger partial charge in [-0.3, -0.25) is 9.69 Å². The second-order valence-corrected chi connectivity index (χ2v) is 8.48. The lowest BCUT2D eigenvalue weighted by Gasteiger charge is -2.38. The zero-order valence-corrected chi connectivity index (χ0v) is 17.6. The van der Waals surface area contributed by atoms with Gasteiger partial charge in [0.2, 0.25) is 5.91 Å². The Kier molecular flexibility index (Phi) is 6.12. The number of piperidine rings is 1. The predicted molar refractivity (Wildman–Crippen MR) is 109 cm³/mol. The van der Waals surface area contributed by atoms with E-state index in [1.807, 2.05) is 30.3 Å². The molecule has 1 N–H and O–H groups in total. The Morgan fingerprint density at radius 2 is 1.83 bits per heavy atom. The molecule has 2 saturated heterocycles. The molecule has 0 unspecified atom stereocenters. The number of hydrogen-bond donors (Lipinski definition) is 1. The van der Waals surface area contributed by atoms with Crippen LogP contribution in [0, 0.1) is 0 Å². The molecule has 0 bridgehead atoms. The fourth-order valence-electron chi connectivity index (χ4n) is 4.46. The van der Waals surface area contributed by atoms with E-state index >= 15 is 0 Å². The molecule has 0 saturated carbocycles. The monoisotopic (exact) mass is 414 g/mol. The highest BCUT2D eigenvalue weighted by Crippen LogP contribution is 2.32. The third kappa shape index (κ3) is 4.69. The number of nitrogens with zero attached hydrogens (tertiary/aromatic N) is 6. The molecule has 0 aliphatic carbocycles. The summed E-state index contributed by atoms with van der Waals surface area (Å²) in [6, 6.07) is 9.68. The molecule has 30 heavy (non-hydrogen) atoms. The molecule has 9 nitrogen and oxygen atoms in total. The van der Waals surface area contributed by atoms with Crippen LogP contribution in [0.4, 0.5) is 0 Å². The lowest BCUT2D eigenvalue weighted by Crippen LogP contribution is -2.47. The van der Waals surface area contributed by atoms with Crippen LogP contribution in [0.15, 0.2) is 30.3 Å². The van der Waals surface area contributed by atoms with Crippen molar-refractivity contribution in [1.29, 1.82) is 0 Å². The van der Waals surface area contributed by atoms with Crippen molar-refractivity contribution in [3.8, 4) is 0 Å². The van der Waals surface area contributed by atoms with Crippen LogP contribution >= 0.6 is 0 Å². The van der Waals surface area contributed by atoms with Crippen LogP contribution in [0.3, 0.4) is 0 Å². The molecule has 9 heteroatoms. The summed E-state index contributed by atoms with van der Waals surface area (Å²) in [6.07, 6.45) is 1.37. The van der Waals surface area contributed by atoms with E-state index in [9.17, 15) is 9.90 Å². The van der Waals surface area contributed by atoms with E-state index in [0.29, 0.717) is 38.3 Å². The maximum Gasteiger partial charge on any atom is 0.244 e. The van der Waals surface area contributed by atoms with Crippen molar-refractivity contribution in [2.24, 2.45) is 0 Å². The molecule has 2 aromatic rings. The van der Waals surface area contributed by atoms with E-state index in [0.717, 1.165) is 18.7 Å². The second-order valence-electron chi connectivity index (χ2n) is 8.48. The van der Waals surface area contributed by atoms with Gasteiger partial charge in [-0.05, 0) is 42.7 Å². The highest BCUT2D eigenvalue weighted by Gasteiger charge is 2.35. The number of amides is 1. The summed E-state index contributed by atoms with van der Waals surface area (Å²) in [5.74, 6) is 0.657. The van der Waals surface area contributed by atoms with Crippen LogP contribution in [0.2, 0.25) is 0 Å². The molecule has 2 atom stereocenters. The van der Waals surface area contributed by atoms with Gasteiger partial charge in [-0.2, -0.15) is 0 Å². The van der Waals surface area contributed by atoms with Gasteiger partial charge < -0.3 is 14.7 Å². The van der Waals surface area contributed by atoms with Crippen LogP contribution in [0.5, 0.6) is 0 Å². The van der Waals surface area contributed by atoms with Crippen molar-refractivity contribution in [1.82, 2.24) is 30.0 Å². The van der Waals surface area contributed by atoms with Crippen LogP contribution in [-0.2, 0) is 28.2 Å². The maximum atomic E-state index is 12.9. The highest BCUT2D eigenvalue weighted by atomic mass is 16.5. The second kappa shape index (κ2) is 8.79. The molecule has 4 rings (SSSR count). The number of aromatic nitrogens is 4. The molecule has 2 aliphatic rings. The number of morpholine rings is 1. The first-order chi connectivity index (χ1) is 14.4. The van der Waals surface area contributed by atoms with Gasteiger partial charge in [0.05, 0.1) is 24.4 Å². The van der Waals surface area contributed by atoms with Gasteiger partial charge in [0.1, 0.15) is 6.54 Å². The van der Waals surface area contributed by atoms with E-state index in [4.69, 9.17) is 4.74 Å². The van der Waals surface area contributed by atoms with Gasteiger partial charge in [0.15, 0.2) is 5.82 Å². The fraction of sp³-hybridized carbons (Fsp3) is 0.619. The quantitative estimate of drug-likeness (QED) is 0.773. The summed E-state index contributed by atoms with van der Waals surface area (Å²) in [5, 5.41) is 22.9. The summed E-state index contributed by atoms with van der Waals surface area (Å²) in [6.45, 7) is 7.48. The maximum absolute atomic E-state index is 12.9. The van der Waals surface area contributed by atoms with E-state index < -0.39 is 5.60 Å². The van der Waals surface area contributed by atoms with Crippen molar-refractivity contribution in [3.63, 3.8) is 0 Å². The largest absolute Gasteiger partial charge is 0.385 e. The van der Waals surface area contributed by atoms with Crippen LogP contribution in [0.25, 0.3) is 0 Å². The summed E-state index contributed by atoms with van der Waals surface area (Å²) >= 11 is 0. The number of benzene rings is 1. The molecule has 162 valence electrons. The number of carbonyl (C=O) groups excluding carboxylic acids is 1. The van der Waals surface area contributed by atoms with Gasteiger partial charge in [-0.15, -0.1) is 5.10 Å². The Hall–Kier alpha value is -2.36. The van der Waals surface area contributed by atoms with E-state index in [1.165, 1.54) is 0 Å². The number of ether oxygens (including phenoxy) is 1. The Balaban J connectivity index is 1.34. The molecule has 1 amide bonds. The van der Waals surface area contributed by atoms with Crippen molar-refractivity contribution in [2.45, 2.75) is 57.6 Å². The smallest absolute Gasteiger partial charge is 0.244 e. The number of aliphatic hydroxyl groups is 1. The molecule has 2 aliphatic heterocycles. The van der Waals surface area contributed by atoms with Gasteiger partial charge in [-0.25, -0.2) is 4.68 Å². The van der Waals surface area contributed by atoms with Gasteiger partial charge >= 0.3 is 0 Å². The SMILES string of the molecule is C[C@@H]1CN(Cc2nnnn2CC(=O)N2CCC(O)(c3ccccc3)CC2)C[C@H](C)O1. The Labute approximate surface area is 176 Å². The lowest BCUT2D eigenvalue weighted by molar-refractivity contribution is -0.136. The minimum Gasteiger partial charge on any atom is -0.385 e. The third-order valence-electron chi connectivity index (χ3n) is 6.01. The van der Waals surface area contributed by atoms with Crippen LogP contribution in [-0.4, -0.2) is 79.4 Å². The minimum atomic E-state index is -0.873. The molecule has 0 radical (unpaired) electrons. The molecular formula is C21H30N6O3. The molecular weight excluding hydrogens is 384 g/mol. The highest BCUT2D eigenvalue weighted by molar-refractivity contribution is 5.76. The number of rotatable bonds is 5. The molecule has 1 aromatic heterocycles. The van der Waals surface area contributed by atoms with E-state index in [1.54, 1.807) is 9.58 Å². The molecule has 3 heterocycles. The first kappa shape index (κ1) is 20.9. The number of carbonyl (C=O) groups is 1.